The second-order valence-electron chi connectivity index (χ2n) is 5.20. The molecule has 6 heteroatoms. The topological polar surface area (TPSA) is 74.7 Å². The molecule has 0 amide bonds. The fourth-order valence-electron chi connectivity index (χ4n) is 2.28. The predicted octanol–water partition coefficient (Wildman–Crippen LogP) is 4.22. The van der Waals surface area contributed by atoms with Crippen LogP contribution in [0, 0.1) is 0 Å². The van der Waals surface area contributed by atoms with E-state index in [0.29, 0.717) is 17.4 Å². The highest BCUT2D eigenvalue weighted by Gasteiger charge is 2.11. The van der Waals surface area contributed by atoms with Gasteiger partial charge in [-0.2, -0.15) is 0 Å². The second-order valence-corrected chi connectivity index (χ2v) is 5.20. The molecule has 0 atom stereocenters. The number of aromatic nitrogens is 1. The number of carbonyl (C=O) groups excluding carboxylic acids is 1. The first kappa shape index (κ1) is 15.0. The maximum atomic E-state index is 11.8. The maximum Gasteiger partial charge on any atom is 0.379 e. The largest absolute Gasteiger partial charge is 0.484 e. The van der Waals surface area contributed by atoms with Crippen molar-refractivity contribution in [3.63, 3.8) is 0 Å². The van der Waals surface area contributed by atoms with E-state index in [-0.39, 0.29) is 12.4 Å². The van der Waals surface area contributed by atoms with Crippen LogP contribution in [-0.2, 0) is 6.61 Å². The molecule has 0 aliphatic carbocycles. The summed E-state index contributed by atoms with van der Waals surface area (Å²) in [6.07, 6.45) is 1.42. The van der Waals surface area contributed by atoms with Crippen LogP contribution >= 0.6 is 0 Å². The van der Waals surface area contributed by atoms with Gasteiger partial charge in [-0.3, -0.25) is 0 Å². The van der Waals surface area contributed by atoms with Crippen LogP contribution in [-0.4, -0.2) is 11.0 Å². The van der Waals surface area contributed by atoms with Gasteiger partial charge in [0.25, 0.3) is 0 Å². The van der Waals surface area contributed by atoms with Gasteiger partial charge < -0.3 is 18.3 Å². The molecule has 0 saturated heterocycles. The molecule has 4 aromatic rings. The molecule has 2 heterocycles. The Balaban J connectivity index is 1.37. The molecule has 0 radical (unpaired) electrons. The minimum atomic E-state index is -0.551. The number of benzene rings is 2. The number of nitrogens with zero attached hydrogens (tertiary/aromatic N) is 1. The molecule has 0 N–H and O–H groups in total. The van der Waals surface area contributed by atoms with Crippen molar-refractivity contribution in [2.75, 3.05) is 0 Å². The molecule has 0 saturated carbocycles. The van der Waals surface area contributed by atoms with Crippen molar-refractivity contribution in [1.29, 1.82) is 0 Å². The number of hydrogen-bond donors (Lipinski definition) is 0. The summed E-state index contributed by atoms with van der Waals surface area (Å²) in [5, 5.41) is 0. The number of para-hydroxylation sites is 2. The Hall–Kier alpha value is -3.54. The minimum Gasteiger partial charge on any atom is -0.484 e. The van der Waals surface area contributed by atoms with Gasteiger partial charge in [-0.1, -0.05) is 12.1 Å². The van der Waals surface area contributed by atoms with Crippen molar-refractivity contribution in [3.8, 4) is 11.5 Å². The van der Waals surface area contributed by atoms with E-state index in [4.69, 9.17) is 18.3 Å². The lowest BCUT2D eigenvalue weighted by atomic mass is 10.3. The van der Waals surface area contributed by atoms with E-state index < -0.39 is 5.97 Å². The molecule has 0 bridgehead atoms. The van der Waals surface area contributed by atoms with Gasteiger partial charge in [-0.25, -0.2) is 9.78 Å². The van der Waals surface area contributed by atoms with Crippen LogP contribution in [0.4, 0.5) is 0 Å². The number of oxazole rings is 1. The Morgan fingerprint density at radius 1 is 0.960 bits per heavy atom. The van der Waals surface area contributed by atoms with Crippen LogP contribution in [0.15, 0.2) is 75.8 Å². The Morgan fingerprint density at radius 3 is 2.52 bits per heavy atom. The normalized spacial score (nSPS) is 10.7. The molecular formula is C19H13NO5. The molecule has 124 valence electrons. The standard InChI is InChI=1S/C19H13NO5/c21-19(17-6-3-11-22-17)24-14-9-7-13(8-10-14)23-12-18-20-15-4-1-2-5-16(15)25-18/h1-11H,12H2. The van der Waals surface area contributed by atoms with Gasteiger partial charge >= 0.3 is 5.97 Å². The van der Waals surface area contributed by atoms with Crippen LogP contribution in [0.1, 0.15) is 16.4 Å². The van der Waals surface area contributed by atoms with Gasteiger partial charge in [-0.15, -0.1) is 0 Å². The van der Waals surface area contributed by atoms with Crippen molar-refractivity contribution in [1.82, 2.24) is 4.98 Å². The predicted molar refractivity (Wildman–Crippen MR) is 88.4 cm³/mol. The first-order chi connectivity index (χ1) is 12.3. The highest BCUT2D eigenvalue weighted by atomic mass is 16.5. The molecule has 0 aliphatic rings. The zero-order valence-electron chi connectivity index (χ0n) is 13.0. The second kappa shape index (κ2) is 6.52. The summed E-state index contributed by atoms with van der Waals surface area (Å²) in [6, 6.07) is 17.4. The van der Waals surface area contributed by atoms with E-state index in [1.54, 1.807) is 36.4 Å². The highest BCUT2D eigenvalue weighted by molar-refractivity contribution is 5.88. The lowest BCUT2D eigenvalue weighted by molar-refractivity contribution is 0.0701. The zero-order valence-corrected chi connectivity index (χ0v) is 13.0. The van der Waals surface area contributed by atoms with E-state index in [1.165, 1.54) is 6.26 Å². The third-order valence-electron chi connectivity index (χ3n) is 3.46. The third kappa shape index (κ3) is 3.37. The van der Waals surface area contributed by atoms with Gasteiger partial charge in [0, 0.05) is 0 Å². The Labute approximate surface area is 142 Å². The lowest BCUT2D eigenvalue weighted by Gasteiger charge is -2.05. The fourth-order valence-corrected chi connectivity index (χ4v) is 2.28. The first-order valence-electron chi connectivity index (χ1n) is 7.61. The van der Waals surface area contributed by atoms with Crippen molar-refractivity contribution in [2.24, 2.45) is 0 Å². The number of hydrogen-bond acceptors (Lipinski definition) is 6. The molecular weight excluding hydrogens is 322 g/mol. The molecule has 25 heavy (non-hydrogen) atoms. The molecule has 0 aliphatic heterocycles. The van der Waals surface area contributed by atoms with E-state index in [0.717, 1.165) is 11.1 Å². The van der Waals surface area contributed by atoms with Crippen LogP contribution in [0.2, 0.25) is 0 Å². The first-order valence-corrected chi connectivity index (χ1v) is 7.61. The van der Waals surface area contributed by atoms with Crippen LogP contribution < -0.4 is 9.47 Å². The number of furan rings is 1. The minimum absolute atomic E-state index is 0.149. The van der Waals surface area contributed by atoms with Crippen LogP contribution in [0.5, 0.6) is 11.5 Å². The number of rotatable bonds is 5. The van der Waals surface area contributed by atoms with E-state index in [9.17, 15) is 4.79 Å². The molecule has 2 aromatic carbocycles. The Morgan fingerprint density at radius 2 is 1.76 bits per heavy atom. The molecule has 4 rings (SSSR count). The highest BCUT2D eigenvalue weighted by Crippen LogP contribution is 2.21. The van der Waals surface area contributed by atoms with Gasteiger partial charge in [0.05, 0.1) is 6.26 Å². The lowest BCUT2D eigenvalue weighted by Crippen LogP contribution is -2.07. The smallest absolute Gasteiger partial charge is 0.379 e. The van der Waals surface area contributed by atoms with Crippen molar-refractivity contribution < 1.29 is 23.1 Å². The summed E-state index contributed by atoms with van der Waals surface area (Å²) in [5.41, 5.74) is 1.52. The average Bonchev–Trinajstić information content (AvgIpc) is 3.30. The zero-order chi connectivity index (χ0) is 17.1. The van der Waals surface area contributed by atoms with E-state index >= 15 is 0 Å². The SMILES string of the molecule is O=C(Oc1ccc(OCc2nc3ccccc3o2)cc1)c1ccco1. The summed E-state index contributed by atoms with van der Waals surface area (Å²) >= 11 is 0. The summed E-state index contributed by atoms with van der Waals surface area (Å²) in [4.78, 5) is 16.1. The van der Waals surface area contributed by atoms with Gasteiger partial charge in [-0.05, 0) is 48.5 Å². The summed E-state index contributed by atoms with van der Waals surface area (Å²) in [7, 11) is 0. The molecule has 0 fully saturated rings. The monoisotopic (exact) mass is 335 g/mol. The van der Waals surface area contributed by atoms with Crippen molar-refractivity contribution in [2.45, 2.75) is 6.61 Å². The van der Waals surface area contributed by atoms with Crippen molar-refractivity contribution >= 4 is 17.1 Å². The summed E-state index contributed by atoms with van der Waals surface area (Å²) in [6.45, 7) is 0.209. The van der Waals surface area contributed by atoms with E-state index in [2.05, 4.69) is 4.98 Å². The van der Waals surface area contributed by atoms with E-state index in [1.807, 2.05) is 24.3 Å². The van der Waals surface area contributed by atoms with Crippen molar-refractivity contribution in [3.05, 3.63) is 78.6 Å². The fraction of sp³-hybridized carbons (Fsp3) is 0.0526. The molecule has 0 spiro atoms. The van der Waals surface area contributed by atoms with Gasteiger partial charge in [0.2, 0.25) is 11.7 Å². The number of fused-ring (bicyclic) bond motifs is 1. The number of esters is 1. The molecule has 2 aromatic heterocycles. The Bertz CT molecular complexity index is 953. The average molecular weight is 335 g/mol. The molecule has 0 unspecified atom stereocenters. The van der Waals surface area contributed by atoms with Gasteiger partial charge in [0.1, 0.15) is 17.0 Å². The third-order valence-corrected chi connectivity index (χ3v) is 3.46. The summed E-state index contributed by atoms with van der Waals surface area (Å²) in [5.74, 6) is 1.10. The van der Waals surface area contributed by atoms with Crippen LogP contribution in [0.3, 0.4) is 0 Å². The van der Waals surface area contributed by atoms with Gasteiger partial charge in [0.15, 0.2) is 12.2 Å². The maximum absolute atomic E-state index is 11.8. The quantitative estimate of drug-likeness (QED) is 0.401. The number of carbonyl (C=O) groups is 1. The Kier molecular flexibility index (Phi) is 3.92. The summed E-state index contributed by atoms with van der Waals surface area (Å²) < 4.78 is 21.4. The molecule has 6 nitrogen and oxygen atoms in total. The number of ether oxygens (including phenoxy) is 2. The van der Waals surface area contributed by atoms with Crippen LogP contribution in [0.25, 0.3) is 11.1 Å².